The monoisotopic (exact) mass is 348 g/mol. The SMILES string of the molecule is C[C@@H]1[C@H](NC(=O)C2(C)CC=C(c3cccs3)S2)C2CCN1CC2. The number of rotatable bonds is 3. The number of fused-ring (bicyclic) bond motifs is 3. The molecule has 0 aromatic carbocycles. The third-order valence-corrected chi connectivity index (χ3v) is 8.17. The summed E-state index contributed by atoms with van der Waals surface area (Å²) in [6, 6.07) is 5.02. The van der Waals surface area contributed by atoms with E-state index < -0.39 is 0 Å². The van der Waals surface area contributed by atoms with Crippen LogP contribution < -0.4 is 5.32 Å². The van der Waals surface area contributed by atoms with Gasteiger partial charge in [0, 0.05) is 21.9 Å². The Labute approximate surface area is 146 Å². The van der Waals surface area contributed by atoms with Crippen molar-refractivity contribution in [3.8, 4) is 0 Å². The van der Waals surface area contributed by atoms with Gasteiger partial charge in [-0.05, 0) is 63.6 Å². The second-order valence-corrected chi connectivity index (χ2v) is 9.69. The van der Waals surface area contributed by atoms with Gasteiger partial charge >= 0.3 is 0 Å². The van der Waals surface area contributed by atoms with Crippen LogP contribution in [0.3, 0.4) is 0 Å². The molecule has 124 valence electrons. The lowest BCUT2D eigenvalue weighted by Gasteiger charge is -2.50. The summed E-state index contributed by atoms with van der Waals surface area (Å²) in [5.41, 5.74) is 0. The number of hydrogen-bond donors (Lipinski definition) is 1. The number of carbonyl (C=O) groups excluding carboxylic acids is 1. The largest absolute Gasteiger partial charge is 0.350 e. The van der Waals surface area contributed by atoms with Gasteiger partial charge in [0.05, 0.1) is 4.75 Å². The van der Waals surface area contributed by atoms with Crippen LogP contribution in [0.25, 0.3) is 4.91 Å². The van der Waals surface area contributed by atoms with Crippen molar-refractivity contribution < 1.29 is 4.79 Å². The Morgan fingerprint density at radius 3 is 2.83 bits per heavy atom. The number of thioether (sulfide) groups is 1. The summed E-state index contributed by atoms with van der Waals surface area (Å²) in [7, 11) is 0. The van der Waals surface area contributed by atoms with Crippen molar-refractivity contribution >= 4 is 33.9 Å². The molecule has 0 radical (unpaired) electrons. The maximum atomic E-state index is 13.0. The van der Waals surface area contributed by atoms with Crippen molar-refractivity contribution in [1.29, 1.82) is 0 Å². The standard InChI is InChI=1S/C18H24N2OS2/c1-12-16(13-6-9-20(12)10-7-13)19-17(21)18(2)8-5-15(23-18)14-4-3-11-22-14/h3-5,11-13,16H,6-10H2,1-2H3,(H,19,21)/t12-,16+,18?/m1/s1. The smallest absolute Gasteiger partial charge is 0.236 e. The molecule has 0 saturated carbocycles. The second-order valence-electron chi connectivity index (χ2n) is 7.20. The summed E-state index contributed by atoms with van der Waals surface area (Å²) in [6.07, 6.45) is 5.53. The Bertz CT molecular complexity index is 617. The molecule has 5 heterocycles. The van der Waals surface area contributed by atoms with E-state index in [-0.39, 0.29) is 10.7 Å². The third-order valence-electron chi connectivity index (χ3n) is 5.73. The molecule has 2 bridgehead atoms. The minimum absolute atomic E-state index is 0.218. The highest BCUT2D eigenvalue weighted by atomic mass is 32.2. The molecule has 3 atom stereocenters. The number of piperidine rings is 3. The van der Waals surface area contributed by atoms with Gasteiger partial charge in [-0.1, -0.05) is 12.1 Å². The quantitative estimate of drug-likeness (QED) is 0.906. The maximum Gasteiger partial charge on any atom is 0.236 e. The van der Waals surface area contributed by atoms with Crippen LogP contribution >= 0.6 is 23.1 Å². The minimum atomic E-state index is -0.356. The molecule has 5 rings (SSSR count). The minimum Gasteiger partial charge on any atom is -0.350 e. The van der Waals surface area contributed by atoms with Crippen molar-refractivity contribution in [3.05, 3.63) is 28.5 Å². The predicted molar refractivity (Wildman–Crippen MR) is 98.6 cm³/mol. The first-order valence-electron chi connectivity index (χ1n) is 8.55. The summed E-state index contributed by atoms with van der Waals surface area (Å²) < 4.78 is -0.356. The Kier molecular flexibility index (Phi) is 4.06. The zero-order valence-electron chi connectivity index (χ0n) is 13.7. The molecular formula is C18H24N2OS2. The fraction of sp³-hybridized carbons (Fsp3) is 0.611. The highest BCUT2D eigenvalue weighted by Crippen LogP contribution is 2.48. The summed E-state index contributed by atoms with van der Waals surface area (Å²) in [4.78, 5) is 18.1. The molecule has 4 aliphatic rings. The average molecular weight is 349 g/mol. The number of thiophene rings is 1. The van der Waals surface area contributed by atoms with Gasteiger partial charge < -0.3 is 5.32 Å². The number of carbonyl (C=O) groups is 1. The number of amides is 1. The van der Waals surface area contributed by atoms with E-state index in [0.29, 0.717) is 18.0 Å². The molecule has 4 aliphatic heterocycles. The van der Waals surface area contributed by atoms with Gasteiger partial charge in [-0.25, -0.2) is 0 Å². The summed E-state index contributed by atoms with van der Waals surface area (Å²) in [6.45, 7) is 6.77. The lowest BCUT2D eigenvalue weighted by Crippen LogP contribution is -2.64. The summed E-state index contributed by atoms with van der Waals surface area (Å²) in [5, 5.41) is 5.52. The molecule has 1 N–H and O–H groups in total. The van der Waals surface area contributed by atoms with Gasteiger partial charge in [-0.2, -0.15) is 0 Å². The molecule has 3 fully saturated rings. The normalized spacial score (nSPS) is 39.3. The maximum absolute atomic E-state index is 13.0. The van der Waals surface area contributed by atoms with Crippen LogP contribution in [0, 0.1) is 5.92 Å². The predicted octanol–water partition coefficient (Wildman–Crippen LogP) is 3.58. The molecule has 5 heteroatoms. The van der Waals surface area contributed by atoms with Crippen LogP contribution in [0.4, 0.5) is 0 Å². The van der Waals surface area contributed by atoms with Gasteiger partial charge in [0.1, 0.15) is 0 Å². The van der Waals surface area contributed by atoms with Crippen molar-refractivity contribution in [1.82, 2.24) is 10.2 Å². The Hall–Kier alpha value is -0.780. The molecule has 1 amide bonds. The Balaban J connectivity index is 1.44. The van der Waals surface area contributed by atoms with Crippen molar-refractivity contribution in [2.24, 2.45) is 5.92 Å². The average Bonchev–Trinajstić information content (AvgIpc) is 3.21. The lowest BCUT2D eigenvalue weighted by atomic mass is 9.79. The van der Waals surface area contributed by atoms with E-state index in [9.17, 15) is 4.79 Å². The van der Waals surface area contributed by atoms with Crippen LogP contribution in [0.1, 0.15) is 38.0 Å². The van der Waals surface area contributed by atoms with E-state index in [2.05, 4.69) is 47.7 Å². The Morgan fingerprint density at radius 2 is 2.17 bits per heavy atom. The fourth-order valence-corrected chi connectivity index (χ4v) is 6.24. The third kappa shape index (κ3) is 2.77. The number of nitrogens with one attached hydrogen (secondary N) is 1. The first kappa shape index (κ1) is 15.7. The molecule has 0 aliphatic carbocycles. The Morgan fingerprint density at radius 1 is 1.39 bits per heavy atom. The van der Waals surface area contributed by atoms with Crippen LogP contribution in [0.5, 0.6) is 0 Å². The van der Waals surface area contributed by atoms with Gasteiger partial charge in [0.25, 0.3) is 0 Å². The zero-order valence-corrected chi connectivity index (χ0v) is 15.4. The van der Waals surface area contributed by atoms with Gasteiger partial charge in [0.2, 0.25) is 5.91 Å². The number of allylic oxidation sites excluding steroid dienone is 1. The van der Waals surface area contributed by atoms with Gasteiger partial charge in [-0.3, -0.25) is 9.69 Å². The van der Waals surface area contributed by atoms with E-state index in [4.69, 9.17) is 0 Å². The van der Waals surface area contributed by atoms with Crippen LogP contribution in [0.2, 0.25) is 0 Å². The second kappa shape index (κ2) is 5.94. The van der Waals surface area contributed by atoms with E-state index in [1.54, 1.807) is 23.1 Å². The molecule has 1 unspecified atom stereocenters. The highest BCUT2D eigenvalue weighted by molar-refractivity contribution is 8.10. The fourth-order valence-electron chi connectivity index (χ4n) is 4.17. The first-order valence-corrected chi connectivity index (χ1v) is 10.2. The number of hydrogen-bond acceptors (Lipinski definition) is 4. The topological polar surface area (TPSA) is 32.3 Å². The molecular weight excluding hydrogens is 324 g/mol. The highest BCUT2D eigenvalue weighted by Gasteiger charge is 2.44. The van der Waals surface area contributed by atoms with Crippen molar-refractivity contribution in [3.63, 3.8) is 0 Å². The van der Waals surface area contributed by atoms with Gasteiger partial charge in [-0.15, -0.1) is 23.1 Å². The van der Waals surface area contributed by atoms with E-state index in [0.717, 1.165) is 6.42 Å². The van der Waals surface area contributed by atoms with Crippen molar-refractivity contribution in [2.45, 2.75) is 49.9 Å². The van der Waals surface area contributed by atoms with E-state index in [1.807, 2.05) is 0 Å². The molecule has 23 heavy (non-hydrogen) atoms. The lowest BCUT2D eigenvalue weighted by molar-refractivity contribution is -0.126. The summed E-state index contributed by atoms with van der Waals surface area (Å²) in [5.74, 6) is 0.884. The van der Waals surface area contributed by atoms with E-state index in [1.165, 1.54) is 35.7 Å². The zero-order chi connectivity index (χ0) is 16.0. The van der Waals surface area contributed by atoms with Crippen LogP contribution in [-0.2, 0) is 4.79 Å². The molecule has 1 aromatic heterocycles. The molecule has 0 spiro atoms. The van der Waals surface area contributed by atoms with Crippen molar-refractivity contribution in [2.75, 3.05) is 13.1 Å². The number of nitrogens with zero attached hydrogens (tertiary/aromatic N) is 1. The summed E-state index contributed by atoms with van der Waals surface area (Å²) >= 11 is 3.49. The molecule has 1 aromatic rings. The van der Waals surface area contributed by atoms with Gasteiger partial charge in [0.15, 0.2) is 0 Å². The molecule has 3 saturated heterocycles. The van der Waals surface area contributed by atoms with E-state index >= 15 is 0 Å². The first-order chi connectivity index (χ1) is 11.1. The van der Waals surface area contributed by atoms with Crippen LogP contribution in [-0.4, -0.2) is 40.7 Å². The van der Waals surface area contributed by atoms with Crippen LogP contribution in [0.15, 0.2) is 23.6 Å². The molecule has 3 nitrogen and oxygen atoms in total.